The van der Waals surface area contributed by atoms with Gasteiger partial charge in [-0.05, 0) is 70.0 Å². The fraction of sp³-hybridized carbons (Fsp3) is 0.500. The minimum atomic E-state index is -1.02. The number of piperidine rings is 2. The van der Waals surface area contributed by atoms with E-state index in [2.05, 4.69) is 30.7 Å². The number of piperazine rings is 2. The molecule has 65 heavy (non-hydrogen) atoms. The van der Waals surface area contributed by atoms with Gasteiger partial charge >= 0.3 is 11.9 Å². The molecule has 0 spiro atoms. The standard InChI is InChI=1S/C20H22N4O6.C13H9FN2O4.C11H22N2O2/c25-16-4-3-15(18(28)21-16)24-19(29)13-2-1-12(11-14(13)20(24)30)23-9-7-22(8-10-23)6-5-17(26)27;14-6-1-2-7-8(5-6)13(20)16(12(7)19)9-3-4-10(17)15-11(9)18;1-11(2,3)15-10(14)4-7-13-8-5-12-6-9-13/h1-2,11,15H,3-10H2,(H,26,27)(H,21,25,28);1-2,5,9H,3-4H2,(H,15,17,18);12H,4-9H2,1-3H3. The lowest BCUT2D eigenvalue weighted by molar-refractivity contribution is -0.155. The number of carbonyl (C=O) groups excluding carboxylic acids is 9. The van der Waals surface area contributed by atoms with Gasteiger partial charge in [0, 0.05) is 84.0 Å². The van der Waals surface area contributed by atoms with E-state index >= 15 is 0 Å². The molecule has 0 aromatic heterocycles. The molecule has 0 radical (unpaired) electrons. The molecular formula is C44H53FN8O12. The van der Waals surface area contributed by atoms with E-state index in [-0.39, 0.29) is 65.9 Å². The number of ether oxygens (including phenoxy) is 1. The molecule has 0 aliphatic carbocycles. The number of carboxylic acid groups (broad SMARTS) is 1. The van der Waals surface area contributed by atoms with E-state index in [1.165, 1.54) is 6.07 Å². The van der Waals surface area contributed by atoms with Crippen molar-refractivity contribution < 1.29 is 62.2 Å². The zero-order valence-corrected chi connectivity index (χ0v) is 36.5. The maximum Gasteiger partial charge on any atom is 0.307 e. The molecule has 0 saturated carbocycles. The minimum Gasteiger partial charge on any atom is -0.481 e. The second-order valence-corrected chi connectivity index (χ2v) is 17.2. The third-order valence-electron chi connectivity index (χ3n) is 11.5. The molecule has 4 N–H and O–H groups in total. The number of carboxylic acids is 1. The molecule has 8 rings (SSSR count). The van der Waals surface area contributed by atoms with Gasteiger partial charge in [-0.25, -0.2) is 4.39 Å². The Balaban J connectivity index is 0.000000173. The molecule has 2 aromatic rings. The van der Waals surface area contributed by atoms with Crippen LogP contribution in [0.4, 0.5) is 10.1 Å². The fourth-order valence-electron chi connectivity index (χ4n) is 8.16. The van der Waals surface area contributed by atoms with Crippen LogP contribution in [0.5, 0.6) is 0 Å². The van der Waals surface area contributed by atoms with Gasteiger partial charge in [0.15, 0.2) is 0 Å². The van der Waals surface area contributed by atoms with Gasteiger partial charge in [-0.3, -0.25) is 73.3 Å². The molecule has 8 amide bonds. The predicted molar refractivity (Wildman–Crippen MR) is 227 cm³/mol. The molecule has 2 atom stereocenters. The van der Waals surface area contributed by atoms with Crippen molar-refractivity contribution >= 4 is 64.9 Å². The van der Waals surface area contributed by atoms with E-state index in [4.69, 9.17) is 9.84 Å². The summed E-state index contributed by atoms with van der Waals surface area (Å²) in [5, 5.41) is 16.4. The van der Waals surface area contributed by atoms with Crippen LogP contribution in [0.2, 0.25) is 0 Å². The Bertz CT molecular complexity index is 2270. The van der Waals surface area contributed by atoms with Gasteiger partial charge < -0.3 is 25.0 Å². The molecule has 6 heterocycles. The minimum absolute atomic E-state index is 0.0537. The van der Waals surface area contributed by atoms with Crippen molar-refractivity contribution in [1.29, 1.82) is 0 Å². The summed E-state index contributed by atoms with van der Waals surface area (Å²) in [5.74, 6) is -6.09. The molecule has 2 aromatic carbocycles. The molecule has 0 bridgehead atoms. The van der Waals surface area contributed by atoms with Gasteiger partial charge in [0.2, 0.25) is 23.6 Å². The number of fused-ring (bicyclic) bond motifs is 2. The fourth-order valence-corrected chi connectivity index (χ4v) is 8.16. The van der Waals surface area contributed by atoms with E-state index in [1.807, 2.05) is 20.8 Å². The quantitative estimate of drug-likeness (QED) is 0.198. The van der Waals surface area contributed by atoms with Gasteiger partial charge in [-0.15, -0.1) is 0 Å². The number of amides is 8. The third-order valence-corrected chi connectivity index (χ3v) is 11.5. The predicted octanol–water partition coefficient (Wildman–Crippen LogP) is 0.535. The SMILES string of the molecule is CC(C)(C)OC(=O)CCN1CCNCC1.O=C(O)CCN1CCN(c2ccc3c(c2)C(=O)N(C2CCC(=O)NC2=O)C3=O)CC1.O=C1CCC(N2C(=O)c3ccc(F)cc3C2=O)C(=O)N1. The second-order valence-electron chi connectivity index (χ2n) is 17.2. The molecular weight excluding hydrogens is 852 g/mol. The third kappa shape index (κ3) is 11.8. The first-order valence-corrected chi connectivity index (χ1v) is 21.5. The maximum absolute atomic E-state index is 13.2. The van der Waals surface area contributed by atoms with Crippen molar-refractivity contribution in [2.75, 3.05) is 70.3 Å². The van der Waals surface area contributed by atoms with Gasteiger partial charge in [0.1, 0.15) is 23.5 Å². The highest BCUT2D eigenvalue weighted by Gasteiger charge is 2.46. The number of rotatable bonds is 9. The number of nitrogens with one attached hydrogen (secondary N) is 3. The summed E-state index contributed by atoms with van der Waals surface area (Å²) in [6.45, 7) is 13.9. The van der Waals surface area contributed by atoms with E-state index in [1.54, 1.807) is 18.2 Å². The number of carbonyl (C=O) groups is 10. The highest BCUT2D eigenvalue weighted by Crippen LogP contribution is 2.31. The van der Waals surface area contributed by atoms with Crippen LogP contribution in [0.25, 0.3) is 0 Å². The van der Waals surface area contributed by atoms with Gasteiger partial charge in [0.25, 0.3) is 23.6 Å². The van der Waals surface area contributed by atoms with Crippen LogP contribution in [0.1, 0.15) is 101 Å². The molecule has 6 aliphatic rings. The Kier molecular flexibility index (Phi) is 15.2. The van der Waals surface area contributed by atoms with Gasteiger partial charge in [-0.2, -0.15) is 0 Å². The van der Waals surface area contributed by atoms with Gasteiger partial charge in [-0.1, -0.05) is 0 Å². The maximum atomic E-state index is 13.2. The normalized spacial score (nSPS) is 21.4. The number of hydrogen-bond acceptors (Lipinski definition) is 15. The van der Waals surface area contributed by atoms with E-state index in [0.29, 0.717) is 39.1 Å². The first-order chi connectivity index (χ1) is 30.8. The van der Waals surface area contributed by atoms with Crippen LogP contribution in [-0.4, -0.2) is 167 Å². The van der Waals surface area contributed by atoms with Crippen LogP contribution in [0.3, 0.4) is 0 Å². The number of aliphatic carboxylic acids is 1. The number of hydrogen-bond donors (Lipinski definition) is 4. The van der Waals surface area contributed by atoms with Crippen LogP contribution < -0.4 is 20.9 Å². The number of nitrogens with zero attached hydrogens (tertiary/aromatic N) is 5. The van der Waals surface area contributed by atoms with E-state index in [9.17, 15) is 52.3 Å². The Morgan fingerprint density at radius 2 is 1.14 bits per heavy atom. The van der Waals surface area contributed by atoms with E-state index < -0.39 is 71.1 Å². The molecule has 21 heteroatoms. The second kappa shape index (κ2) is 20.6. The van der Waals surface area contributed by atoms with Crippen molar-refractivity contribution in [2.24, 2.45) is 0 Å². The number of esters is 1. The summed E-state index contributed by atoms with van der Waals surface area (Å²) in [5.41, 5.74) is 0.975. The largest absolute Gasteiger partial charge is 0.481 e. The van der Waals surface area contributed by atoms with Crippen molar-refractivity contribution in [1.82, 2.24) is 35.6 Å². The number of anilines is 1. The molecule has 348 valence electrons. The van der Waals surface area contributed by atoms with Crippen LogP contribution in [-0.2, 0) is 33.5 Å². The smallest absolute Gasteiger partial charge is 0.307 e. The molecule has 2 unspecified atom stereocenters. The average Bonchev–Trinajstić information content (AvgIpc) is 3.65. The van der Waals surface area contributed by atoms with Gasteiger partial charge in [0.05, 0.1) is 35.1 Å². The van der Waals surface area contributed by atoms with Crippen molar-refractivity contribution in [3.63, 3.8) is 0 Å². The topological polar surface area (TPSA) is 252 Å². The molecule has 4 fully saturated rings. The number of imide groups is 4. The molecule has 4 saturated heterocycles. The lowest BCUT2D eigenvalue weighted by atomic mass is 10.0. The first kappa shape index (κ1) is 48.0. The van der Waals surface area contributed by atoms with Crippen LogP contribution in [0, 0.1) is 5.82 Å². The Morgan fingerprint density at radius 1 is 0.662 bits per heavy atom. The van der Waals surface area contributed by atoms with Crippen molar-refractivity contribution in [3.8, 4) is 0 Å². The lowest BCUT2D eigenvalue weighted by Crippen LogP contribution is -2.54. The highest BCUT2D eigenvalue weighted by molar-refractivity contribution is 6.24. The average molecular weight is 905 g/mol. The first-order valence-electron chi connectivity index (χ1n) is 21.5. The summed E-state index contributed by atoms with van der Waals surface area (Å²) in [4.78, 5) is 127. The Hall–Kier alpha value is -6.45. The summed E-state index contributed by atoms with van der Waals surface area (Å²) in [6.07, 6.45) is 0.947. The van der Waals surface area contributed by atoms with Crippen LogP contribution in [0.15, 0.2) is 36.4 Å². The summed E-state index contributed by atoms with van der Waals surface area (Å²) >= 11 is 0. The Morgan fingerprint density at radius 3 is 1.65 bits per heavy atom. The molecule has 6 aliphatic heterocycles. The Labute approximate surface area is 373 Å². The monoisotopic (exact) mass is 904 g/mol. The van der Waals surface area contributed by atoms with Crippen molar-refractivity contribution in [2.45, 2.75) is 77.0 Å². The number of halogens is 1. The summed E-state index contributed by atoms with van der Waals surface area (Å²) < 4.78 is 18.4. The molecule has 20 nitrogen and oxygen atoms in total. The number of benzene rings is 2. The lowest BCUT2D eigenvalue weighted by Gasteiger charge is -2.36. The highest BCUT2D eigenvalue weighted by atomic mass is 19.1. The van der Waals surface area contributed by atoms with Crippen LogP contribution >= 0.6 is 0 Å². The zero-order valence-electron chi connectivity index (χ0n) is 36.5. The summed E-state index contributed by atoms with van der Waals surface area (Å²) in [6, 6.07) is 6.34. The summed E-state index contributed by atoms with van der Waals surface area (Å²) in [7, 11) is 0. The van der Waals surface area contributed by atoms with Crippen molar-refractivity contribution in [3.05, 3.63) is 64.5 Å². The van der Waals surface area contributed by atoms with E-state index in [0.717, 1.165) is 60.3 Å². The zero-order chi connectivity index (χ0) is 47.2.